The van der Waals surface area contributed by atoms with E-state index >= 15 is 0 Å². The molecule has 0 aliphatic carbocycles. The molecule has 0 amide bonds. The first-order valence-electron chi connectivity index (χ1n) is 50.7. The number of nitrogens with two attached hydrogens (primary N) is 5. The minimum atomic E-state index is 0.618. The molecule has 0 radical (unpaired) electrons. The van der Waals surface area contributed by atoms with Gasteiger partial charge in [-0.2, -0.15) is 0 Å². The van der Waals surface area contributed by atoms with Crippen LogP contribution in [-0.2, 0) is 32.1 Å². The lowest BCUT2D eigenvalue weighted by atomic mass is 9.99. The molecule has 0 spiro atoms. The Morgan fingerprint density at radius 1 is 0.196 bits per heavy atom. The van der Waals surface area contributed by atoms with E-state index in [-0.39, 0.29) is 0 Å². The van der Waals surface area contributed by atoms with Crippen molar-refractivity contribution in [1.82, 2.24) is 23.7 Å². The van der Waals surface area contributed by atoms with Gasteiger partial charge in [-0.25, -0.2) is 0 Å². The molecule has 20 rings (SSSR count). The molecule has 0 aliphatic heterocycles. The van der Waals surface area contributed by atoms with E-state index in [2.05, 4.69) is 379 Å². The van der Waals surface area contributed by atoms with Crippen LogP contribution < -0.4 is 38.5 Å². The lowest BCUT2D eigenvalue weighted by Crippen LogP contribution is -2.11. The topological polar surface area (TPSA) is 177 Å². The Hall–Kier alpha value is -14.1. The quantitative estimate of drug-likeness (QED) is 0.0527. The van der Waals surface area contributed by atoms with Crippen LogP contribution in [0.4, 0.5) is 34.1 Å². The Morgan fingerprint density at radius 3 is 0.790 bits per heavy atom. The summed E-state index contributed by atoms with van der Waals surface area (Å²) in [4.78, 5) is 13.6. The van der Waals surface area contributed by atoms with Gasteiger partial charge in [0.15, 0.2) is 0 Å². The number of pyridine rings is 2. The lowest BCUT2D eigenvalue weighted by Gasteiger charge is -2.27. The first-order chi connectivity index (χ1) is 68.4. The summed E-state index contributed by atoms with van der Waals surface area (Å²) in [5, 5.41) is 12.8. The van der Waals surface area contributed by atoms with Crippen molar-refractivity contribution in [2.24, 2.45) is 28.7 Å². The number of fused-ring (bicyclic) bond motifs is 11. The summed E-state index contributed by atoms with van der Waals surface area (Å²) >= 11 is 0. The van der Waals surface area contributed by atoms with Crippen LogP contribution in [0.5, 0.6) is 0 Å². The van der Waals surface area contributed by atoms with Crippen molar-refractivity contribution in [3.63, 3.8) is 0 Å². The molecule has 0 bridgehead atoms. The number of rotatable bonds is 19. The average Bonchev–Trinajstić information content (AvgIpc) is 1.62. The molecule has 138 heavy (non-hydrogen) atoms. The summed E-state index contributed by atoms with van der Waals surface area (Å²) in [6.07, 6.45) is 8.16. The highest BCUT2D eigenvalue weighted by Crippen LogP contribution is 2.42. The molecule has 0 aliphatic rings. The van der Waals surface area contributed by atoms with E-state index in [9.17, 15) is 0 Å². The van der Waals surface area contributed by atoms with Crippen LogP contribution in [0.25, 0.3) is 104 Å². The largest absolute Gasteiger partial charge is 0.330 e. The fourth-order valence-corrected chi connectivity index (χ4v) is 16.3. The molecule has 12 nitrogen and oxygen atoms in total. The van der Waals surface area contributed by atoms with Crippen LogP contribution in [0.3, 0.4) is 0 Å². The van der Waals surface area contributed by atoms with Crippen molar-refractivity contribution in [1.29, 1.82) is 0 Å². The van der Waals surface area contributed by atoms with E-state index in [1.165, 1.54) is 121 Å². The Kier molecular flexibility index (Phi) is 52.3. The van der Waals surface area contributed by atoms with Gasteiger partial charge in [0.05, 0.1) is 68.2 Å². The maximum atomic E-state index is 5.83. The molecular formula is C126H156N12. The van der Waals surface area contributed by atoms with Gasteiger partial charge in [0.25, 0.3) is 0 Å². The predicted octanol–water partition coefficient (Wildman–Crippen LogP) is 33.5. The third kappa shape index (κ3) is 28.8. The van der Waals surface area contributed by atoms with Crippen molar-refractivity contribution in [2.75, 3.05) is 42.5 Å². The van der Waals surface area contributed by atoms with Crippen LogP contribution in [0.2, 0.25) is 0 Å². The van der Waals surface area contributed by atoms with Gasteiger partial charge in [0, 0.05) is 95.8 Å². The third-order valence-corrected chi connectivity index (χ3v) is 21.7. The molecule has 0 saturated heterocycles. The van der Waals surface area contributed by atoms with Gasteiger partial charge in [0.1, 0.15) is 0 Å². The smallest absolute Gasteiger partial charge is 0.0645 e. The fraction of sp³-hybridized carbons (Fsp3) is 0.238. The number of hydrogen-bond donors (Lipinski definition) is 5. The van der Waals surface area contributed by atoms with E-state index in [0.717, 1.165) is 77.6 Å². The molecule has 15 aromatic carbocycles. The minimum Gasteiger partial charge on any atom is -0.330 e. The van der Waals surface area contributed by atoms with E-state index in [4.69, 9.17) is 28.7 Å². The molecule has 0 saturated carbocycles. The Morgan fingerprint density at radius 2 is 0.464 bits per heavy atom. The van der Waals surface area contributed by atoms with E-state index in [1.54, 1.807) is 0 Å². The minimum absolute atomic E-state index is 0.618. The number of hydrogen-bond acceptors (Lipinski definition) is 9. The number of benzene rings is 15. The SMILES string of the molecule is CC.CC.CC.CC.CC.CC.CC.CC.CC.CC.NCCc1ccc(-n2c3ccccc3c3ccccc32)c2ccccc12.NCCc1ccc(-n2c3ccccc3c3ccccc32)cc1.NCCc1ccc(-n2c3ccccc3c3ccccc32)cn1.NCCc1ccc(N(c2ccccc2)c2ccccc2)c2ccccc12.NCCc1ccc(N(c2ccccc2)c2ccccc2)cn1. The second kappa shape index (κ2) is 64.0. The standard InChI is InChI=1S/C24H20N2.C24H22N2.C20H18N2.C19H17N3.C19H19N3.10C2H6/c25-16-15-17-13-14-24(19-8-2-1-7-18(17)19)26-22-11-5-3-9-20(22)21-10-4-6-12-23(21)26;25-18-17-19-15-16-24(23-14-8-7-13-22(19)23)26(20-9-3-1-4-10-20)21-11-5-2-6-12-21;21-14-13-15-9-11-16(12-10-15)22-19-7-3-1-5-17(19)18-6-2-4-8-20(18)22;20-12-11-14-9-10-15(13-21-14)22-18-7-3-1-5-16(18)17-6-2-4-8-19(17)22;20-14-13-16-11-12-19(15-21-16)22(17-7-3-1-4-8-17)18-9-5-2-6-10-18;10*1-2/h1-14H,15-16,25H2;1-16H,17-18,25H2;1-12H,13-14,21H2;1-10,13H,11-12,20H2;1-12,15H,13-14,20H2;10*1-2H3. The number of nitrogens with zero attached hydrogens (tertiary/aromatic N) is 7. The molecule has 5 aromatic heterocycles. The maximum absolute atomic E-state index is 5.83. The lowest BCUT2D eigenvalue weighted by molar-refractivity contribution is 0.919. The van der Waals surface area contributed by atoms with Gasteiger partial charge in [0.2, 0.25) is 0 Å². The van der Waals surface area contributed by atoms with Crippen molar-refractivity contribution < 1.29 is 0 Å². The monoisotopic (exact) mass is 1840 g/mol. The van der Waals surface area contributed by atoms with Crippen LogP contribution in [0.15, 0.2) is 401 Å². The van der Waals surface area contributed by atoms with E-state index in [1.807, 2.05) is 193 Å². The van der Waals surface area contributed by atoms with Gasteiger partial charge < -0.3 is 52.2 Å². The van der Waals surface area contributed by atoms with Crippen LogP contribution >= 0.6 is 0 Å². The summed E-state index contributed by atoms with van der Waals surface area (Å²) in [5.74, 6) is 0. The highest BCUT2D eigenvalue weighted by Gasteiger charge is 2.20. The summed E-state index contributed by atoms with van der Waals surface area (Å²) in [5.41, 5.74) is 52.0. The zero-order valence-corrected chi connectivity index (χ0v) is 86.2. The van der Waals surface area contributed by atoms with Crippen molar-refractivity contribution in [3.05, 3.63) is 429 Å². The second-order valence-electron chi connectivity index (χ2n) is 29.1. The number of anilines is 6. The van der Waals surface area contributed by atoms with Gasteiger partial charge in [-0.05, 0) is 213 Å². The first kappa shape index (κ1) is 113. The average molecular weight is 1840 g/mol. The zero-order chi connectivity index (χ0) is 100. The molecule has 0 atom stereocenters. The summed E-state index contributed by atoms with van der Waals surface area (Å²) < 4.78 is 6.99. The Bertz CT molecular complexity index is 6290. The zero-order valence-electron chi connectivity index (χ0n) is 86.2. The van der Waals surface area contributed by atoms with Crippen LogP contribution in [-0.4, -0.2) is 56.4 Å². The van der Waals surface area contributed by atoms with Crippen molar-refractivity contribution in [2.45, 2.75) is 171 Å². The summed E-state index contributed by atoms with van der Waals surface area (Å²) in [7, 11) is 0. The van der Waals surface area contributed by atoms with Gasteiger partial charge in [-0.1, -0.05) is 393 Å². The van der Waals surface area contributed by atoms with Crippen LogP contribution in [0.1, 0.15) is 167 Å². The maximum Gasteiger partial charge on any atom is 0.0645 e. The van der Waals surface area contributed by atoms with Crippen molar-refractivity contribution in [3.8, 4) is 17.1 Å². The molecule has 720 valence electrons. The highest BCUT2D eigenvalue weighted by atomic mass is 15.2. The Labute approximate surface area is 826 Å². The molecule has 0 fully saturated rings. The predicted molar refractivity (Wildman–Crippen MR) is 612 cm³/mol. The molecule has 10 N–H and O–H groups in total. The Balaban J connectivity index is 0.000000253. The number of para-hydroxylation sites is 10. The number of aromatic nitrogens is 5. The van der Waals surface area contributed by atoms with Gasteiger partial charge >= 0.3 is 0 Å². The molecule has 12 heteroatoms. The molecular weight excluding hydrogens is 1680 g/mol. The van der Waals surface area contributed by atoms with Crippen molar-refractivity contribution >= 4 is 121 Å². The molecule has 5 heterocycles. The normalized spacial score (nSPS) is 9.92. The highest BCUT2D eigenvalue weighted by molar-refractivity contribution is 6.12. The third-order valence-electron chi connectivity index (χ3n) is 21.7. The van der Waals surface area contributed by atoms with Gasteiger partial charge in [-0.15, -0.1) is 0 Å². The molecule has 0 unspecified atom stereocenters. The summed E-state index contributed by atoms with van der Waals surface area (Å²) in [6.45, 7) is 43.3. The molecule has 20 aromatic rings. The second-order valence-corrected chi connectivity index (χ2v) is 29.1. The van der Waals surface area contributed by atoms with E-state index < -0.39 is 0 Å². The van der Waals surface area contributed by atoms with E-state index in [0.29, 0.717) is 32.7 Å². The van der Waals surface area contributed by atoms with Gasteiger partial charge in [-0.3, -0.25) is 9.97 Å². The van der Waals surface area contributed by atoms with Crippen LogP contribution in [0, 0.1) is 0 Å². The summed E-state index contributed by atoms with van der Waals surface area (Å²) in [6, 6.07) is 136. The first-order valence-corrected chi connectivity index (χ1v) is 50.7. The fourth-order valence-electron chi connectivity index (χ4n) is 16.3.